The first-order valence-corrected chi connectivity index (χ1v) is 9.84. The quantitative estimate of drug-likeness (QED) is 0.486. The van der Waals surface area contributed by atoms with E-state index in [4.69, 9.17) is 0 Å². The van der Waals surface area contributed by atoms with Crippen LogP contribution >= 0.6 is 0 Å². The van der Waals surface area contributed by atoms with E-state index < -0.39 is 10.8 Å². The van der Waals surface area contributed by atoms with Gasteiger partial charge in [0.2, 0.25) is 0 Å². The van der Waals surface area contributed by atoms with Crippen molar-refractivity contribution in [2.45, 2.75) is 9.79 Å². The molecule has 2 nitrogen and oxygen atoms in total. The Balaban J connectivity index is 1.74. The topological polar surface area (TPSA) is 37.3 Å². The van der Waals surface area contributed by atoms with Gasteiger partial charge in [-0.05, 0) is 34.9 Å². The first-order valence-electron chi connectivity index (χ1n) is 8.69. The van der Waals surface area contributed by atoms with Crippen LogP contribution < -0.4 is 0 Å². The molecule has 0 amide bonds. The molecule has 0 aliphatic heterocycles. The molecular formula is C24H18O2S. The van der Waals surface area contributed by atoms with E-state index in [-0.39, 0.29) is 5.75 Å². The van der Waals surface area contributed by atoms with Gasteiger partial charge in [-0.15, -0.1) is 0 Å². The molecule has 0 radical (unpaired) electrons. The lowest BCUT2D eigenvalue weighted by atomic mass is 10.1. The van der Waals surface area contributed by atoms with Crippen LogP contribution in [0.1, 0.15) is 0 Å². The minimum Gasteiger partial charge on any atom is -0.506 e. The Morgan fingerprint density at radius 3 is 1.89 bits per heavy atom. The summed E-state index contributed by atoms with van der Waals surface area (Å²) in [4.78, 5) is 1.08. The number of rotatable bonds is 4. The van der Waals surface area contributed by atoms with Crippen LogP contribution in [0.5, 0.6) is 5.75 Å². The highest BCUT2D eigenvalue weighted by Crippen LogP contribution is 2.36. The predicted molar refractivity (Wildman–Crippen MR) is 110 cm³/mol. The molecular weight excluding hydrogens is 352 g/mol. The third kappa shape index (κ3) is 3.55. The van der Waals surface area contributed by atoms with Crippen LogP contribution in [0.2, 0.25) is 0 Å². The van der Waals surface area contributed by atoms with Gasteiger partial charge in [0.25, 0.3) is 0 Å². The number of aromatic hydroxyl groups is 1. The molecule has 0 aliphatic carbocycles. The lowest BCUT2D eigenvalue weighted by Crippen LogP contribution is -1.95. The molecule has 0 aliphatic rings. The Morgan fingerprint density at radius 1 is 0.593 bits per heavy atom. The number of para-hydroxylation sites is 1. The van der Waals surface area contributed by atoms with Gasteiger partial charge in [-0.3, -0.25) is 0 Å². The van der Waals surface area contributed by atoms with Crippen molar-refractivity contribution in [1.29, 1.82) is 0 Å². The molecule has 1 N–H and O–H groups in total. The van der Waals surface area contributed by atoms with Crippen molar-refractivity contribution in [2.24, 2.45) is 0 Å². The number of hydrogen-bond acceptors (Lipinski definition) is 2. The molecule has 4 aromatic rings. The maximum atomic E-state index is 13.2. The lowest BCUT2D eigenvalue weighted by molar-refractivity contribution is 0.463. The van der Waals surface area contributed by atoms with Crippen molar-refractivity contribution < 1.29 is 9.32 Å². The van der Waals surface area contributed by atoms with Gasteiger partial charge < -0.3 is 5.11 Å². The van der Waals surface area contributed by atoms with E-state index in [1.54, 1.807) is 6.07 Å². The molecule has 0 heterocycles. The van der Waals surface area contributed by atoms with Gasteiger partial charge in [0.1, 0.15) is 5.75 Å². The fourth-order valence-corrected chi connectivity index (χ4v) is 4.25. The monoisotopic (exact) mass is 370 g/mol. The summed E-state index contributed by atoms with van der Waals surface area (Å²) in [5.74, 6) is 0.0622. The van der Waals surface area contributed by atoms with Crippen LogP contribution in [0.15, 0.2) is 113 Å². The summed E-state index contributed by atoms with van der Waals surface area (Å²) in [7, 11) is -1.48. The van der Waals surface area contributed by atoms with Crippen LogP contribution in [0.4, 0.5) is 0 Å². The fourth-order valence-electron chi connectivity index (χ4n) is 3.07. The molecule has 0 bridgehead atoms. The third-order valence-electron chi connectivity index (χ3n) is 4.44. The van der Waals surface area contributed by atoms with Crippen LogP contribution in [0.3, 0.4) is 0 Å². The second-order valence-electron chi connectivity index (χ2n) is 6.18. The standard InChI is InChI=1S/C24H18O2S/c25-24-22(19-11-5-2-6-12-19)15-8-16-23(24)27(26)21-14-7-13-20(17-21)18-9-3-1-4-10-18/h1-17,25H. The Bertz CT molecular complexity index is 1090. The van der Waals surface area contributed by atoms with Gasteiger partial charge in [0, 0.05) is 10.5 Å². The van der Waals surface area contributed by atoms with Crippen molar-refractivity contribution >= 4 is 10.8 Å². The van der Waals surface area contributed by atoms with E-state index in [1.807, 2.05) is 97.1 Å². The van der Waals surface area contributed by atoms with Crippen molar-refractivity contribution in [3.63, 3.8) is 0 Å². The average molecular weight is 370 g/mol. The maximum Gasteiger partial charge on any atom is 0.139 e. The van der Waals surface area contributed by atoms with Gasteiger partial charge in [0.15, 0.2) is 0 Å². The molecule has 0 fully saturated rings. The van der Waals surface area contributed by atoms with Gasteiger partial charge >= 0.3 is 0 Å². The molecule has 0 saturated carbocycles. The van der Waals surface area contributed by atoms with Crippen LogP contribution in [-0.2, 0) is 10.8 Å². The average Bonchev–Trinajstić information content (AvgIpc) is 2.75. The minimum atomic E-state index is -1.48. The summed E-state index contributed by atoms with van der Waals surface area (Å²) < 4.78 is 13.2. The van der Waals surface area contributed by atoms with Crippen molar-refractivity contribution in [3.8, 4) is 28.0 Å². The molecule has 4 aromatic carbocycles. The molecule has 0 saturated heterocycles. The SMILES string of the molecule is O=S(c1cccc(-c2ccccc2)c1)c1cccc(-c2ccccc2)c1O. The number of hydrogen-bond donors (Lipinski definition) is 1. The summed E-state index contributed by atoms with van der Waals surface area (Å²) in [6, 6.07) is 32.6. The molecule has 0 spiro atoms. The number of phenols is 1. The van der Waals surface area contributed by atoms with Crippen molar-refractivity contribution in [2.75, 3.05) is 0 Å². The zero-order valence-corrected chi connectivity index (χ0v) is 15.4. The van der Waals surface area contributed by atoms with E-state index >= 15 is 0 Å². The summed E-state index contributed by atoms with van der Waals surface area (Å²) >= 11 is 0. The molecule has 1 atom stereocenters. The zero-order chi connectivity index (χ0) is 18.6. The Labute approximate surface area is 161 Å². The summed E-state index contributed by atoms with van der Waals surface area (Å²) in [6.45, 7) is 0. The Morgan fingerprint density at radius 2 is 1.19 bits per heavy atom. The summed E-state index contributed by atoms with van der Waals surface area (Å²) in [6.07, 6.45) is 0. The minimum absolute atomic E-state index is 0.0622. The molecule has 3 heteroatoms. The molecule has 4 rings (SSSR count). The lowest BCUT2D eigenvalue weighted by Gasteiger charge is -2.11. The Kier molecular flexibility index (Phi) is 4.86. The predicted octanol–water partition coefficient (Wildman–Crippen LogP) is 5.89. The van der Waals surface area contributed by atoms with Crippen LogP contribution in [-0.4, -0.2) is 9.32 Å². The van der Waals surface area contributed by atoms with Gasteiger partial charge in [-0.2, -0.15) is 0 Å². The second-order valence-corrected chi connectivity index (χ2v) is 7.63. The first-order chi connectivity index (χ1) is 13.2. The van der Waals surface area contributed by atoms with Crippen LogP contribution in [0, 0.1) is 0 Å². The van der Waals surface area contributed by atoms with E-state index in [2.05, 4.69) is 0 Å². The third-order valence-corrected chi connectivity index (χ3v) is 5.85. The molecule has 27 heavy (non-hydrogen) atoms. The van der Waals surface area contributed by atoms with E-state index in [0.717, 1.165) is 16.7 Å². The van der Waals surface area contributed by atoms with E-state index in [9.17, 15) is 9.32 Å². The summed E-state index contributed by atoms with van der Waals surface area (Å²) in [5, 5.41) is 10.8. The normalized spacial score (nSPS) is 11.9. The van der Waals surface area contributed by atoms with Gasteiger partial charge in [-0.1, -0.05) is 84.9 Å². The molecule has 132 valence electrons. The molecule has 0 aromatic heterocycles. The second kappa shape index (κ2) is 7.60. The van der Waals surface area contributed by atoms with Gasteiger partial charge in [0.05, 0.1) is 15.7 Å². The smallest absolute Gasteiger partial charge is 0.139 e. The van der Waals surface area contributed by atoms with Crippen molar-refractivity contribution in [3.05, 3.63) is 103 Å². The number of phenolic OH excluding ortho intramolecular Hbond substituents is 1. The summed E-state index contributed by atoms with van der Waals surface area (Å²) in [5.41, 5.74) is 3.64. The Hall–Kier alpha value is -3.17. The highest BCUT2D eigenvalue weighted by Gasteiger charge is 2.16. The highest BCUT2D eigenvalue weighted by molar-refractivity contribution is 7.85. The van der Waals surface area contributed by atoms with E-state index in [0.29, 0.717) is 15.4 Å². The van der Waals surface area contributed by atoms with Crippen molar-refractivity contribution in [1.82, 2.24) is 0 Å². The highest BCUT2D eigenvalue weighted by atomic mass is 32.2. The van der Waals surface area contributed by atoms with Crippen LogP contribution in [0.25, 0.3) is 22.3 Å². The fraction of sp³-hybridized carbons (Fsp3) is 0. The largest absolute Gasteiger partial charge is 0.506 e. The van der Waals surface area contributed by atoms with Gasteiger partial charge in [-0.25, -0.2) is 4.21 Å². The van der Waals surface area contributed by atoms with E-state index in [1.165, 1.54) is 0 Å². The first kappa shape index (κ1) is 17.3. The molecule has 1 unspecified atom stereocenters. The maximum absolute atomic E-state index is 13.2. The number of benzene rings is 4. The zero-order valence-electron chi connectivity index (χ0n) is 14.6.